The lowest BCUT2D eigenvalue weighted by Crippen LogP contribution is -2.24. The fraction of sp³-hybridized carbons (Fsp3) is 0.375. The topological polar surface area (TPSA) is 73.0 Å². The minimum Gasteiger partial charge on any atom is -0.388 e. The van der Waals surface area contributed by atoms with Gasteiger partial charge in [0.2, 0.25) is 0 Å². The first-order valence-electron chi connectivity index (χ1n) is 4.37. The Bertz CT molecular complexity index is 568. The van der Waals surface area contributed by atoms with Crippen molar-refractivity contribution in [2.75, 3.05) is 11.9 Å². The second-order valence-electron chi connectivity index (χ2n) is 3.22. The van der Waals surface area contributed by atoms with E-state index in [0.717, 1.165) is 0 Å². The predicted octanol–water partition coefficient (Wildman–Crippen LogP) is 0.118. The van der Waals surface area contributed by atoms with Crippen molar-refractivity contribution in [2.24, 2.45) is 0 Å². The van der Waals surface area contributed by atoms with Gasteiger partial charge < -0.3 is 9.73 Å². The molecule has 2 aromatic rings. The molecular formula is C8H8N4O2. The van der Waals surface area contributed by atoms with Crippen LogP contribution in [0.15, 0.2) is 9.21 Å². The van der Waals surface area contributed by atoms with E-state index in [-0.39, 0.29) is 5.76 Å². The van der Waals surface area contributed by atoms with Gasteiger partial charge in [0.25, 0.3) is 5.71 Å². The molecular weight excluding hydrogens is 184 g/mol. The molecule has 6 heteroatoms. The Morgan fingerprint density at radius 3 is 3.21 bits per heavy atom. The first kappa shape index (κ1) is 7.54. The number of nitrogens with zero attached hydrogens (tertiary/aromatic N) is 3. The van der Waals surface area contributed by atoms with Crippen LogP contribution in [-0.2, 0) is 6.54 Å². The highest BCUT2D eigenvalue weighted by Crippen LogP contribution is 2.21. The molecule has 3 rings (SSSR count). The summed E-state index contributed by atoms with van der Waals surface area (Å²) in [5.41, 5.74) is 1.04. The summed E-state index contributed by atoms with van der Waals surface area (Å²) < 4.78 is 6.56. The molecule has 1 aliphatic rings. The summed E-state index contributed by atoms with van der Waals surface area (Å²) in [7, 11) is 0. The Hall–Kier alpha value is -1.85. The largest absolute Gasteiger partial charge is 0.421 e. The van der Waals surface area contributed by atoms with Crippen LogP contribution in [0.1, 0.15) is 5.82 Å². The van der Waals surface area contributed by atoms with E-state index in [9.17, 15) is 4.79 Å². The third-order valence-corrected chi connectivity index (χ3v) is 2.27. The van der Waals surface area contributed by atoms with Crippen LogP contribution in [0.25, 0.3) is 11.2 Å². The van der Waals surface area contributed by atoms with E-state index in [2.05, 4.69) is 15.3 Å². The first-order chi connectivity index (χ1) is 6.75. The van der Waals surface area contributed by atoms with Gasteiger partial charge in [-0.3, -0.25) is 4.57 Å². The highest BCUT2D eigenvalue weighted by molar-refractivity contribution is 5.82. The van der Waals surface area contributed by atoms with Gasteiger partial charge in [-0.15, -0.1) is 0 Å². The van der Waals surface area contributed by atoms with Crippen LogP contribution in [0.3, 0.4) is 0 Å². The average Bonchev–Trinajstić information content (AvgIpc) is 2.45. The second kappa shape index (κ2) is 2.34. The number of nitrogens with one attached hydrogen (secondary N) is 1. The number of aryl methyl sites for hydroxylation is 1. The van der Waals surface area contributed by atoms with Crippen LogP contribution in [-0.4, -0.2) is 21.1 Å². The summed E-state index contributed by atoms with van der Waals surface area (Å²) in [6.45, 7) is 3.06. The lowest BCUT2D eigenvalue weighted by atomic mass is 10.4. The van der Waals surface area contributed by atoms with Crippen LogP contribution in [0.5, 0.6) is 0 Å². The van der Waals surface area contributed by atoms with E-state index >= 15 is 0 Å². The van der Waals surface area contributed by atoms with Crippen LogP contribution in [0, 0.1) is 6.92 Å². The van der Waals surface area contributed by atoms with Crippen LogP contribution in [0.4, 0.5) is 5.82 Å². The Morgan fingerprint density at radius 2 is 2.36 bits per heavy atom. The fourth-order valence-electron chi connectivity index (χ4n) is 1.70. The SMILES string of the molecule is Cc1nc2c3c(n1)oc(=O)n3CCN2. The van der Waals surface area contributed by atoms with E-state index in [1.54, 1.807) is 11.5 Å². The molecule has 0 aliphatic carbocycles. The smallest absolute Gasteiger partial charge is 0.388 e. The van der Waals surface area contributed by atoms with E-state index in [4.69, 9.17) is 4.42 Å². The maximum atomic E-state index is 11.4. The highest BCUT2D eigenvalue weighted by atomic mass is 16.4. The zero-order valence-electron chi connectivity index (χ0n) is 7.57. The van der Waals surface area contributed by atoms with Crippen molar-refractivity contribution >= 4 is 17.0 Å². The summed E-state index contributed by atoms with van der Waals surface area (Å²) in [6, 6.07) is 0. The minimum absolute atomic E-state index is 0.359. The minimum atomic E-state index is -0.359. The Balaban J connectivity index is 2.55. The monoisotopic (exact) mass is 192 g/mol. The molecule has 1 N–H and O–H groups in total. The fourth-order valence-corrected chi connectivity index (χ4v) is 1.70. The molecule has 0 unspecified atom stereocenters. The van der Waals surface area contributed by atoms with Gasteiger partial charge in [-0.2, -0.15) is 4.98 Å². The van der Waals surface area contributed by atoms with Crippen molar-refractivity contribution in [2.45, 2.75) is 13.5 Å². The van der Waals surface area contributed by atoms with E-state index in [0.29, 0.717) is 36.0 Å². The summed E-state index contributed by atoms with van der Waals surface area (Å²) in [4.78, 5) is 19.6. The first-order valence-corrected chi connectivity index (χ1v) is 4.37. The van der Waals surface area contributed by atoms with Crippen molar-refractivity contribution in [3.63, 3.8) is 0 Å². The van der Waals surface area contributed by atoms with Crippen LogP contribution >= 0.6 is 0 Å². The number of hydrogen-bond acceptors (Lipinski definition) is 5. The predicted molar refractivity (Wildman–Crippen MR) is 49.3 cm³/mol. The van der Waals surface area contributed by atoms with Crippen molar-refractivity contribution in [3.05, 3.63) is 16.4 Å². The molecule has 1 aliphatic heterocycles. The van der Waals surface area contributed by atoms with Crippen LogP contribution in [0.2, 0.25) is 0 Å². The highest BCUT2D eigenvalue weighted by Gasteiger charge is 2.19. The molecule has 6 nitrogen and oxygen atoms in total. The zero-order valence-corrected chi connectivity index (χ0v) is 7.57. The standard InChI is InChI=1S/C8H8N4O2/c1-4-10-6-5-7(11-4)14-8(13)12(5)3-2-9-6/h2-3H2,1H3,(H,9,10,11). The molecule has 0 radical (unpaired) electrons. The van der Waals surface area contributed by atoms with E-state index < -0.39 is 0 Å². The Kier molecular flexibility index (Phi) is 1.26. The quantitative estimate of drug-likeness (QED) is 0.641. The summed E-state index contributed by atoms with van der Waals surface area (Å²) in [6.07, 6.45) is 0. The Morgan fingerprint density at radius 1 is 1.50 bits per heavy atom. The van der Waals surface area contributed by atoms with Gasteiger partial charge in [0.15, 0.2) is 11.3 Å². The second-order valence-corrected chi connectivity index (χ2v) is 3.22. The lowest BCUT2D eigenvalue weighted by Gasteiger charge is -2.13. The van der Waals surface area contributed by atoms with Gasteiger partial charge in [-0.25, -0.2) is 9.78 Å². The molecule has 0 atom stereocenters. The van der Waals surface area contributed by atoms with Crippen molar-refractivity contribution < 1.29 is 4.42 Å². The van der Waals surface area contributed by atoms with Crippen molar-refractivity contribution in [1.82, 2.24) is 14.5 Å². The van der Waals surface area contributed by atoms with E-state index in [1.165, 1.54) is 0 Å². The van der Waals surface area contributed by atoms with Gasteiger partial charge in [-0.05, 0) is 6.92 Å². The number of hydrogen-bond donors (Lipinski definition) is 1. The molecule has 0 amide bonds. The number of oxazole rings is 1. The third-order valence-electron chi connectivity index (χ3n) is 2.27. The van der Waals surface area contributed by atoms with Crippen molar-refractivity contribution in [1.29, 1.82) is 0 Å². The number of aromatic nitrogens is 3. The zero-order chi connectivity index (χ0) is 9.71. The third kappa shape index (κ3) is 0.822. The van der Waals surface area contributed by atoms with Gasteiger partial charge in [0, 0.05) is 13.1 Å². The maximum Gasteiger partial charge on any atom is 0.421 e. The average molecular weight is 192 g/mol. The maximum absolute atomic E-state index is 11.4. The molecule has 14 heavy (non-hydrogen) atoms. The molecule has 3 heterocycles. The normalized spacial score (nSPS) is 14.4. The molecule has 0 saturated heterocycles. The molecule has 2 aromatic heterocycles. The van der Waals surface area contributed by atoms with Gasteiger partial charge >= 0.3 is 5.76 Å². The molecule has 0 aromatic carbocycles. The molecule has 0 spiro atoms. The van der Waals surface area contributed by atoms with Gasteiger partial charge in [-0.1, -0.05) is 0 Å². The Labute approximate surface area is 78.6 Å². The number of rotatable bonds is 0. The van der Waals surface area contributed by atoms with Gasteiger partial charge in [0.1, 0.15) is 5.82 Å². The lowest BCUT2D eigenvalue weighted by molar-refractivity contribution is 0.502. The molecule has 72 valence electrons. The van der Waals surface area contributed by atoms with Crippen molar-refractivity contribution in [3.8, 4) is 0 Å². The summed E-state index contributed by atoms with van der Waals surface area (Å²) >= 11 is 0. The number of anilines is 1. The molecule has 0 bridgehead atoms. The molecule has 0 saturated carbocycles. The van der Waals surface area contributed by atoms with E-state index in [1.807, 2.05) is 0 Å². The van der Waals surface area contributed by atoms with Gasteiger partial charge in [0.05, 0.1) is 0 Å². The van der Waals surface area contributed by atoms with Crippen LogP contribution < -0.4 is 11.1 Å². The molecule has 0 fully saturated rings. The summed E-state index contributed by atoms with van der Waals surface area (Å²) in [5, 5.41) is 3.11. The summed E-state index contributed by atoms with van der Waals surface area (Å²) in [5.74, 6) is 0.926.